The molecule has 4 aromatic rings. The van der Waals surface area contributed by atoms with E-state index in [4.69, 9.17) is 0 Å². The molecule has 0 aliphatic rings. The highest BCUT2D eigenvalue weighted by Gasteiger charge is 2.04. The molecule has 0 fully saturated rings. The van der Waals surface area contributed by atoms with Gasteiger partial charge in [-0.25, -0.2) is 10.9 Å². The molecule has 0 aliphatic carbocycles. The van der Waals surface area contributed by atoms with Gasteiger partial charge in [0.2, 0.25) is 11.8 Å². The Hall–Kier alpha value is -4.20. The number of aromatic nitrogens is 2. The standard InChI is InChI=1S/C26H28N6O2/c33-25(31-29-17-19-15-27-23-11-7-5-9-21(19)23)13-3-1-2-4-14-26(34)32-30-18-20-16-28-24-12-8-6-10-22(20)24/h5-12,15-18,27-28H,1-4,13-14H2,(H,31,33)(H,32,34)/b29-17+,30-18+. The number of carbonyl (C=O) groups excluding carboxylic acids is 2. The highest BCUT2D eigenvalue weighted by Crippen LogP contribution is 2.16. The highest BCUT2D eigenvalue weighted by molar-refractivity contribution is 6.00. The Morgan fingerprint density at radius 1 is 0.676 bits per heavy atom. The maximum absolute atomic E-state index is 12.0. The van der Waals surface area contributed by atoms with Crippen LogP contribution in [0.2, 0.25) is 0 Å². The fourth-order valence-electron chi connectivity index (χ4n) is 3.79. The van der Waals surface area contributed by atoms with Crippen molar-refractivity contribution in [2.45, 2.75) is 38.5 Å². The molecule has 8 nitrogen and oxygen atoms in total. The zero-order valence-electron chi connectivity index (χ0n) is 18.9. The van der Waals surface area contributed by atoms with Gasteiger partial charge in [-0.05, 0) is 25.0 Å². The van der Waals surface area contributed by atoms with Crippen LogP contribution < -0.4 is 10.9 Å². The summed E-state index contributed by atoms with van der Waals surface area (Å²) in [5.74, 6) is -0.221. The number of fused-ring (bicyclic) bond motifs is 2. The molecule has 2 aromatic heterocycles. The first-order chi connectivity index (χ1) is 16.7. The second-order valence-corrected chi connectivity index (χ2v) is 8.08. The first kappa shape index (κ1) is 23.0. The summed E-state index contributed by atoms with van der Waals surface area (Å²) in [5.41, 5.74) is 9.08. The van der Waals surface area contributed by atoms with E-state index in [-0.39, 0.29) is 11.8 Å². The van der Waals surface area contributed by atoms with Crippen molar-refractivity contribution in [1.29, 1.82) is 0 Å². The third-order valence-corrected chi connectivity index (χ3v) is 5.59. The van der Waals surface area contributed by atoms with E-state index in [1.807, 2.05) is 60.9 Å². The molecular weight excluding hydrogens is 428 g/mol. The number of amides is 2. The molecule has 4 N–H and O–H groups in total. The second-order valence-electron chi connectivity index (χ2n) is 8.08. The molecular formula is C26H28N6O2. The van der Waals surface area contributed by atoms with Crippen molar-refractivity contribution in [3.8, 4) is 0 Å². The van der Waals surface area contributed by atoms with Crippen LogP contribution in [-0.4, -0.2) is 34.2 Å². The van der Waals surface area contributed by atoms with E-state index in [1.165, 1.54) is 0 Å². The third-order valence-electron chi connectivity index (χ3n) is 5.59. The molecule has 2 amide bonds. The Balaban J connectivity index is 1.06. The number of nitrogens with zero attached hydrogens (tertiary/aromatic N) is 2. The van der Waals surface area contributed by atoms with E-state index in [2.05, 4.69) is 31.0 Å². The van der Waals surface area contributed by atoms with Crippen LogP contribution in [0.5, 0.6) is 0 Å². The molecule has 2 aromatic carbocycles. The Labute approximate surface area is 197 Å². The number of hydrazone groups is 2. The lowest BCUT2D eigenvalue weighted by atomic mass is 10.1. The summed E-state index contributed by atoms with van der Waals surface area (Å²) in [4.78, 5) is 30.3. The van der Waals surface area contributed by atoms with Crippen molar-refractivity contribution < 1.29 is 9.59 Å². The summed E-state index contributed by atoms with van der Waals surface area (Å²) in [6, 6.07) is 15.9. The second kappa shape index (κ2) is 11.6. The molecule has 0 bridgehead atoms. The molecule has 4 rings (SSSR count). The van der Waals surface area contributed by atoms with E-state index in [0.29, 0.717) is 12.8 Å². The average Bonchev–Trinajstić information content (AvgIpc) is 3.46. The molecule has 0 saturated heterocycles. The van der Waals surface area contributed by atoms with E-state index in [0.717, 1.165) is 58.6 Å². The number of aromatic amines is 2. The molecule has 34 heavy (non-hydrogen) atoms. The number of unbranched alkanes of at least 4 members (excludes halogenated alkanes) is 3. The number of nitrogens with one attached hydrogen (secondary N) is 4. The SMILES string of the molecule is O=C(CCCCCCC(=O)N/N=C/c1c[nH]c2ccccc12)N/N=C/c1c[nH]c2ccccc12. The quantitative estimate of drug-likeness (QED) is 0.150. The Morgan fingerprint density at radius 3 is 1.59 bits per heavy atom. The van der Waals surface area contributed by atoms with Gasteiger partial charge in [0.05, 0.1) is 12.4 Å². The van der Waals surface area contributed by atoms with Crippen LogP contribution in [-0.2, 0) is 9.59 Å². The Morgan fingerprint density at radius 2 is 1.12 bits per heavy atom. The lowest BCUT2D eigenvalue weighted by molar-refractivity contribution is -0.122. The van der Waals surface area contributed by atoms with Crippen LogP contribution in [0.1, 0.15) is 49.7 Å². The van der Waals surface area contributed by atoms with Crippen LogP contribution in [0.25, 0.3) is 21.8 Å². The fraction of sp³-hybridized carbons (Fsp3) is 0.231. The number of benzene rings is 2. The molecule has 0 saturated carbocycles. The van der Waals surface area contributed by atoms with Crippen LogP contribution in [0, 0.1) is 0 Å². The summed E-state index contributed by atoms with van der Waals surface area (Å²) in [7, 11) is 0. The van der Waals surface area contributed by atoms with Gasteiger partial charge in [0, 0.05) is 58.2 Å². The third kappa shape index (κ3) is 6.19. The van der Waals surface area contributed by atoms with E-state index >= 15 is 0 Å². The van der Waals surface area contributed by atoms with Gasteiger partial charge in [0.25, 0.3) is 0 Å². The predicted octanol–water partition coefficient (Wildman–Crippen LogP) is 4.59. The van der Waals surface area contributed by atoms with Gasteiger partial charge in [-0.1, -0.05) is 49.2 Å². The number of hydrogen-bond acceptors (Lipinski definition) is 4. The zero-order valence-corrected chi connectivity index (χ0v) is 18.9. The van der Waals surface area contributed by atoms with Gasteiger partial charge in [-0.15, -0.1) is 0 Å². The lowest BCUT2D eigenvalue weighted by Gasteiger charge is -2.02. The molecule has 8 heteroatoms. The molecule has 0 spiro atoms. The largest absolute Gasteiger partial charge is 0.361 e. The summed E-state index contributed by atoms with van der Waals surface area (Å²) >= 11 is 0. The van der Waals surface area contributed by atoms with Crippen molar-refractivity contribution in [3.63, 3.8) is 0 Å². The minimum absolute atomic E-state index is 0.111. The number of hydrogen-bond donors (Lipinski definition) is 4. The molecule has 2 heterocycles. The number of rotatable bonds is 11. The minimum Gasteiger partial charge on any atom is -0.361 e. The topological polar surface area (TPSA) is 114 Å². The van der Waals surface area contributed by atoms with Crippen LogP contribution in [0.4, 0.5) is 0 Å². The monoisotopic (exact) mass is 456 g/mol. The van der Waals surface area contributed by atoms with Crippen LogP contribution in [0.15, 0.2) is 71.1 Å². The molecule has 0 unspecified atom stereocenters. The fourth-order valence-corrected chi connectivity index (χ4v) is 3.79. The van der Waals surface area contributed by atoms with Crippen molar-refractivity contribution in [2.24, 2.45) is 10.2 Å². The maximum atomic E-state index is 12.0. The smallest absolute Gasteiger partial charge is 0.240 e. The van der Waals surface area contributed by atoms with Gasteiger partial charge in [0.1, 0.15) is 0 Å². The highest BCUT2D eigenvalue weighted by atomic mass is 16.2. The van der Waals surface area contributed by atoms with E-state index in [9.17, 15) is 9.59 Å². The molecule has 0 radical (unpaired) electrons. The van der Waals surface area contributed by atoms with Gasteiger partial charge in [0.15, 0.2) is 0 Å². The van der Waals surface area contributed by atoms with Crippen LogP contribution >= 0.6 is 0 Å². The predicted molar refractivity (Wildman–Crippen MR) is 136 cm³/mol. The molecule has 174 valence electrons. The Kier molecular flexibility index (Phi) is 7.84. The maximum Gasteiger partial charge on any atom is 0.240 e. The Bertz CT molecular complexity index is 1220. The average molecular weight is 457 g/mol. The van der Waals surface area contributed by atoms with Crippen molar-refractivity contribution in [1.82, 2.24) is 20.8 Å². The first-order valence-electron chi connectivity index (χ1n) is 11.5. The van der Waals surface area contributed by atoms with Crippen molar-refractivity contribution in [2.75, 3.05) is 0 Å². The van der Waals surface area contributed by atoms with E-state index in [1.54, 1.807) is 12.4 Å². The number of para-hydroxylation sites is 2. The van der Waals surface area contributed by atoms with Gasteiger partial charge in [-0.2, -0.15) is 10.2 Å². The zero-order chi connectivity index (χ0) is 23.6. The van der Waals surface area contributed by atoms with Gasteiger partial charge >= 0.3 is 0 Å². The molecule has 0 atom stereocenters. The first-order valence-corrected chi connectivity index (χ1v) is 11.5. The molecule has 0 aliphatic heterocycles. The lowest BCUT2D eigenvalue weighted by Crippen LogP contribution is -2.17. The summed E-state index contributed by atoms with van der Waals surface area (Å²) in [5, 5.41) is 10.2. The summed E-state index contributed by atoms with van der Waals surface area (Å²) in [6.07, 6.45) is 11.1. The number of carbonyl (C=O) groups is 2. The van der Waals surface area contributed by atoms with Crippen molar-refractivity contribution in [3.05, 3.63) is 72.1 Å². The van der Waals surface area contributed by atoms with Gasteiger partial charge in [-0.3, -0.25) is 9.59 Å². The summed E-state index contributed by atoms with van der Waals surface area (Å²) < 4.78 is 0. The van der Waals surface area contributed by atoms with Gasteiger partial charge < -0.3 is 9.97 Å². The normalized spacial score (nSPS) is 11.6. The number of H-pyrrole nitrogens is 2. The summed E-state index contributed by atoms with van der Waals surface area (Å²) in [6.45, 7) is 0. The minimum atomic E-state index is -0.111. The van der Waals surface area contributed by atoms with E-state index < -0.39 is 0 Å². The van der Waals surface area contributed by atoms with Crippen molar-refractivity contribution >= 4 is 46.0 Å². The van der Waals surface area contributed by atoms with Crippen LogP contribution in [0.3, 0.4) is 0 Å².